The summed E-state index contributed by atoms with van der Waals surface area (Å²) in [5, 5.41) is 18.7. The lowest BCUT2D eigenvalue weighted by Gasteiger charge is -2.22. The van der Waals surface area contributed by atoms with Crippen LogP contribution in [-0.4, -0.2) is 35.4 Å². The van der Waals surface area contributed by atoms with E-state index in [0.29, 0.717) is 19.5 Å². The van der Waals surface area contributed by atoms with E-state index in [4.69, 9.17) is 5.11 Å². The molecule has 2 rings (SSSR count). The molecule has 0 amide bonds. The molecular formula is C14H19NO3. The van der Waals surface area contributed by atoms with E-state index in [1.165, 1.54) is 0 Å². The predicted molar refractivity (Wildman–Crippen MR) is 69.9 cm³/mol. The number of aliphatic carboxylic acids is 1. The van der Waals surface area contributed by atoms with Gasteiger partial charge in [-0.3, -0.25) is 4.79 Å². The molecule has 0 bridgehead atoms. The van der Waals surface area contributed by atoms with Gasteiger partial charge < -0.3 is 15.1 Å². The van der Waals surface area contributed by atoms with Crippen LogP contribution in [-0.2, 0) is 4.79 Å². The Morgan fingerprint density at radius 3 is 2.89 bits per heavy atom. The fourth-order valence-electron chi connectivity index (χ4n) is 2.53. The number of hydrogen-bond donors (Lipinski definition) is 2. The Bertz CT molecular complexity index is 433. The zero-order chi connectivity index (χ0) is 13.1. The Morgan fingerprint density at radius 2 is 2.22 bits per heavy atom. The van der Waals surface area contributed by atoms with Crippen molar-refractivity contribution in [2.45, 2.75) is 31.8 Å². The number of β-amino-alcohol motifs (C(OH)–C–C–N with tert-alkyl or cyclic N) is 1. The zero-order valence-electron chi connectivity index (χ0n) is 10.5. The number of carboxylic acid groups (broad SMARTS) is 1. The van der Waals surface area contributed by atoms with E-state index < -0.39 is 5.97 Å². The molecule has 0 saturated carbocycles. The van der Waals surface area contributed by atoms with Crippen LogP contribution in [0.25, 0.3) is 0 Å². The maximum atomic E-state index is 10.9. The van der Waals surface area contributed by atoms with Crippen molar-refractivity contribution in [3.8, 4) is 0 Å². The van der Waals surface area contributed by atoms with E-state index in [-0.39, 0.29) is 18.4 Å². The van der Waals surface area contributed by atoms with Crippen LogP contribution in [0.4, 0.5) is 5.69 Å². The number of fused-ring (bicyclic) bond motifs is 1. The highest BCUT2D eigenvalue weighted by Crippen LogP contribution is 2.37. The molecule has 0 aromatic heterocycles. The molecule has 1 aliphatic rings. The molecule has 0 aliphatic carbocycles. The second kappa shape index (κ2) is 5.40. The summed E-state index contributed by atoms with van der Waals surface area (Å²) in [5.74, 6) is -0.740. The summed E-state index contributed by atoms with van der Waals surface area (Å²) < 4.78 is 0. The van der Waals surface area contributed by atoms with Crippen LogP contribution in [0.15, 0.2) is 24.3 Å². The molecule has 2 atom stereocenters. The Labute approximate surface area is 107 Å². The molecule has 2 N–H and O–H groups in total. The van der Waals surface area contributed by atoms with Gasteiger partial charge in [-0.1, -0.05) is 25.1 Å². The summed E-state index contributed by atoms with van der Waals surface area (Å²) in [6, 6.07) is 7.88. The summed E-state index contributed by atoms with van der Waals surface area (Å²) in [5.41, 5.74) is 2.15. The number of nitrogens with zero attached hydrogens (tertiary/aromatic N) is 1. The van der Waals surface area contributed by atoms with Crippen molar-refractivity contribution in [3.05, 3.63) is 29.8 Å². The number of benzene rings is 1. The van der Waals surface area contributed by atoms with Crippen LogP contribution in [0.3, 0.4) is 0 Å². The number of hydrogen-bond acceptors (Lipinski definition) is 3. The molecule has 4 heteroatoms. The molecule has 0 saturated heterocycles. The van der Waals surface area contributed by atoms with Crippen LogP contribution in [0.1, 0.15) is 31.2 Å². The average molecular weight is 249 g/mol. The largest absolute Gasteiger partial charge is 0.481 e. The summed E-state index contributed by atoms with van der Waals surface area (Å²) in [7, 11) is 0. The minimum absolute atomic E-state index is 0.0303. The van der Waals surface area contributed by atoms with Crippen molar-refractivity contribution in [2.24, 2.45) is 0 Å². The van der Waals surface area contributed by atoms with Crippen LogP contribution in [0.2, 0.25) is 0 Å². The molecule has 1 heterocycles. The third-order valence-electron chi connectivity index (χ3n) is 3.48. The second-order valence-electron chi connectivity index (χ2n) is 4.82. The van der Waals surface area contributed by atoms with Gasteiger partial charge >= 0.3 is 5.97 Å². The van der Waals surface area contributed by atoms with E-state index in [9.17, 15) is 9.90 Å². The van der Waals surface area contributed by atoms with Gasteiger partial charge in [0.15, 0.2) is 0 Å². The monoisotopic (exact) mass is 249 g/mol. The second-order valence-corrected chi connectivity index (χ2v) is 4.82. The molecule has 0 spiro atoms. The van der Waals surface area contributed by atoms with Gasteiger partial charge in [-0.15, -0.1) is 0 Å². The lowest BCUT2D eigenvalue weighted by Crippen LogP contribution is -2.31. The molecule has 18 heavy (non-hydrogen) atoms. The summed E-state index contributed by atoms with van der Waals surface area (Å²) >= 11 is 0. The summed E-state index contributed by atoms with van der Waals surface area (Å²) in [6.07, 6.45) is 0.500. The van der Waals surface area contributed by atoms with Crippen LogP contribution in [0.5, 0.6) is 0 Å². The van der Waals surface area contributed by atoms with Crippen molar-refractivity contribution in [1.82, 2.24) is 0 Å². The highest BCUT2D eigenvalue weighted by molar-refractivity contribution is 5.71. The van der Waals surface area contributed by atoms with Crippen molar-refractivity contribution < 1.29 is 15.0 Å². The Balaban J connectivity index is 2.19. The van der Waals surface area contributed by atoms with Crippen molar-refractivity contribution in [3.63, 3.8) is 0 Å². The molecule has 4 nitrogen and oxygen atoms in total. The highest BCUT2D eigenvalue weighted by atomic mass is 16.4. The minimum Gasteiger partial charge on any atom is -0.481 e. The molecule has 0 fully saturated rings. The van der Waals surface area contributed by atoms with Crippen LogP contribution in [0, 0.1) is 0 Å². The first kappa shape index (κ1) is 12.9. The number of anilines is 1. The van der Waals surface area contributed by atoms with Crippen LogP contribution >= 0.6 is 0 Å². The minimum atomic E-state index is -0.771. The molecule has 98 valence electrons. The maximum absolute atomic E-state index is 10.9. The Morgan fingerprint density at radius 1 is 1.50 bits per heavy atom. The van der Waals surface area contributed by atoms with Crippen LogP contribution < -0.4 is 4.90 Å². The van der Waals surface area contributed by atoms with E-state index in [1.54, 1.807) is 0 Å². The van der Waals surface area contributed by atoms with Gasteiger partial charge in [0.05, 0.1) is 12.5 Å². The summed E-state index contributed by atoms with van der Waals surface area (Å²) in [6.45, 7) is 3.20. The number of carboxylic acids is 1. The standard InChI is InChI=1S/C14H19NO3/c1-2-11(16)9-15-8-10(7-14(17)18)12-5-3-4-6-13(12)15/h3-6,10-11,16H,2,7-9H2,1H3,(H,17,18). The molecular weight excluding hydrogens is 230 g/mol. The van der Waals surface area contributed by atoms with E-state index in [2.05, 4.69) is 4.90 Å². The van der Waals surface area contributed by atoms with Gasteiger partial charge in [-0.2, -0.15) is 0 Å². The third-order valence-corrected chi connectivity index (χ3v) is 3.48. The quantitative estimate of drug-likeness (QED) is 0.836. The topological polar surface area (TPSA) is 60.8 Å². The number of aliphatic hydroxyl groups excluding tert-OH is 1. The van der Waals surface area contributed by atoms with Gasteiger partial charge in [-0.25, -0.2) is 0 Å². The first-order valence-corrected chi connectivity index (χ1v) is 6.35. The third kappa shape index (κ3) is 2.64. The first-order valence-electron chi connectivity index (χ1n) is 6.35. The number of carbonyl (C=O) groups is 1. The van der Waals surface area contributed by atoms with Crippen molar-refractivity contribution >= 4 is 11.7 Å². The van der Waals surface area contributed by atoms with Gasteiger partial charge in [0.25, 0.3) is 0 Å². The van der Waals surface area contributed by atoms with E-state index in [0.717, 1.165) is 11.3 Å². The highest BCUT2D eigenvalue weighted by Gasteiger charge is 2.30. The fourth-order valence-corrected chi connectivity index (χ4v) is 2.53. The molecule has 1 aromatic rings. The lowest BCUT2D eigenvalue weighted by atomic mass is 9.98. The molecule has 1 aliphatic heterocycles. The first-order chi connectivity index (χ1) is 8.61. The van der Waals surface area contributed by atoms with Gasteiger partial charge in [0.2, 0.25) is 0 Å². The molecule has 0 radical (unpaired) electrons. The molecule has 2 unspecified atom stereocenters. The van der Waals surface area contributed by atoms with E-state index >= 15 is 0 Å². The Kier molecular flexibility index (Phi) is 3.87. The molecule has 1 aromatic carbocycles. The fraction of sp³-hybridized carbons (Fsp3) is 0.500. The van der Waals surface area contributed by atoms with Crippen molar-refractivity contribution in [2.75, 3.05) is 18.0 Å². The number of para-hydroxylation sites is 1. The average Bonchev–Trinajstić information content (AvgIpc) is 2.67. The van der Waals surface area contributed by atoms with Gasteiger partial charge in [0.1, 0.15) is 0 Å². The number of aliphatic hydroxyl groups is 1. The normalized spacial score (nSPS) is 19.7. The number of rotatable bonds is 5. The van der Waals surface area contributed by atoms with E-state index in [1.807, 2.05) is 31.2 Å². The Hall–Kier alpha value is -1.55. The van der Waals surface area contributed by atoms with Gasteiger partial charge in [-0.05, 0) is 18.1 Å². The SMILES string of the molecule is CCC(O)CN1CC(CC(=O)O)c2ccccc21. The summed E-state index contributed by atoms with van der Waals surface area (Å²) in [4.78, 5) is 13.0. The zero-order valence-corrected chi connectivity index (χ0v) is 10.5. The predicted octanol–water partition coefficient (Wildman–Crippen LogP) is 1.84. The lowest BCUT2D eigenvalue weighted by molar-refractivity contribution is -0.137. The van der Waals surface area contributed by atoms with Gasteiger partial charge in [0, 0.05) is 24.7 Å². The van der Waals surface area contributed by atoms with Crippen molar-refractivity contribution in [1.29, 1.82) is 0 Å². The smallest absolute Gasteiger partial charge is 0.304 e. The maximum Gasteiger partial charge on any atom is 0.304 e.